The van der Waals surface area contributed by atoms with Gasteiger partial charge in [0, 0.05) is 6.07 Å². The summed E-state index contributed by atoms with van der Waals surface area (Å²) in [4.78, 5) is 12.6. The number of tetrazole rings is 1. The van der Waals surface area contributed by atoms with Gasteiger partial charge in [0.05, 0.1) is 31.2 Å². The lowest BCUT2D eigenvalue weighted by Gasteiger charge is -2.10. The standard InChI is InChI=1S/C18H18N4O3S/c1-12-6-4-5-7-15(12)22-18(19-20-21-22)26-11-16(23)14-9-8-13(24-2)10-17(14)25-3/h4-10H,11H2,1-3H3. The predicted octanol–water partition coefficient (Wildman–Crippen LogP) is 2.96. The number of para-hydroxylation sites is 1. The minimum absolute atomic E-state index is 0.0752. The molecule has 0 saturated heterocycles. The highest BCUT2D eigenvalue weighted by atomic mass is 32.2. The third-order valence-electron chi connectivity index (χ3n) is 3.83. The zero-order valence-corrected chi connectivity index (χ0v) is 15.5. The molecule has 26 heavy (non-hydrogen) atoms. The number of Topliss-reactive ketones (excluding diaryl/α,β-unsaturated/α-hetero) is 1. The fraction of sp³-hybridized carbons (Fsp3) is 0.222. The van der Waals surface area contributed by atoms with E-state index in [9.17, 15) is 4.79 Å². The first kappa shape index (κ1) is 17.9. The SMILES string of the molecule is COc1ccc(C(=O)CSc2nnnn2-c2ccccc2C)c(OC)c1. The van der Waals surface area contributed by atoms with Gasteiger partial charge >= 0.3 is 0 Å². The van der Waals surface area contributed by atoms with Crippen molar-refractivity contribution in [3.63, 3.8) is 0 Å². The Hall–Kier alpha value is -2.87. The summed E-state index contributed by atoms with van der Waals surface area (Å²) in [6.45, 7) is 1.98. The number of methoxy groups -OCH3 is 2. The van der Waals surface area contributed by atoms with Gasteiger partial charge in [-0.15, -0.1) is 5.10 Å². The van der Waals surface area contributed by atoms with Gasteiger partial charge in [-0.25, -0.2) is 0 Å². The summed E-state index contributed by atoms with van der Waals surface area (Å²) in [5, 5.41) is 12.4. The van der Waals surface area contributed by atoms with E-state index < -0.39 is 0 Å². The summed E-state index contributed by atoms with van der Waals surface area (Å²) < 4.78 is 12.1. The Balaban J connectivity index is 1.78. The Morgan fingerprint density at radius 1 is 1.15 bits per heavy atom. The fourth-order valence-electron chi connectivity index (χ4n) is 2.46. The Morgan fingerprint density at radius 3 is 2.69 bits per heavy atom. The normalized spacial score (nSPS) is 10.6. The second-order valence-electron chi connectivity index (χ2n) is 5.44. The molecule has 0 aliphatic carbocycles. The Bertz CT molecular complexity index is 926. The van der Waals surface area contributed by atoms with Crippen molar-refractivity contribution in [3.8, 4) is 17.2 Å². The van der Waals surface area contributed by atoms with E-state index in [0.29, 0.717) is 22.2 Å². The molecule has 8 heteroatoms. The van der Waals surface area contributed by atoms with Crippen LogP contribution in [0.2, 0.25) is 0 Å². The van der Waals surface area contributed by atoms with E-state index >= 15 is 0 Å². The van der Waals surface area contributed by atoms with Crippen LogP contribution in [0.15, 0.2) is 47.6 Å². The molecule has 0 unspecified atom stereocenters. The molecular formula is C18H18N4O3S. The molecule has 0 amide bonds. The molecule has 0 saturated carbocycles. The van der Waals surface area contributed by atoms with Gasteiger partial charge in [0.2, 0.25) is 5.16 Å². The van der Waals surface area contributed by atoms with Crippen LogP contribution >= 0.6 is 11.8 Å². The van der Waals surface area contributed by atoms with E-state index in [1.165, 1.54) is 18.9 Å². The van der Waals surface area contributed by atoms with Gasteiger partial charge in [0.1, 0.15) is 11.5 Å². The highest BCUT2D eigenvalue weighted by molar-refractivity contribution is 7.99. The van der Waals surface area contributed by atoms with Gasteiger partial charge in [-0.3, -0.25) is 4.79 Å². The largest absolute Gasteiger partial charge is 0.497 e. The maximum Gasteiger partial charge on any atom is 0.214 e. The number of carbonyl (C=O) groups is 1. The smallest absolute Gasteiger partial charge is 0.214 e. The van der Waals surface area contributed by atoms with Crippen molar-refractivity contribution in [3.05, 3.63) is 53.6 Å². The van der Waals surface area contributed by atoms with Gasteiger partial charge in [-0.1, -0.05) is 30.0 Å². The molecule has 0 aliphatic heterocycles. The van der Waals surface area contributed by atoms with Crippen LogP contribution in [-0.2, 0) is 0 Å². The quantitative estimate of drug-likeness (QED) is 0.467. The van der Waals surface area contributed by atoms with Crippen LogP contribution in [-0.4, -0.2) is 46.0 Å². The molecule has 0 spiro atoms. The number of ketones is 1. The number of carbonyl (C=O) groups excluding carboxylic acids is 1. The Labute approximate surface area is 155 Å². The zero-order valence-electron chi connectivity index (χ0n) is 14.7. The second kappa shape index (κ2) is 8.01. The summed E-state index contributed by atoms with van der Waals surface area (Å²) >= 11 is 1.28. The first-order valence-corrected chi connectivity index (χ1v) is 8.85. The average molecular weight is 370 g/mol. The molecule has 7 nitrogen and oxygen atoms in total. The molecule has 0 bridgehead atoms. The van der Waals surface area contributed by atoms with E-state index in [2.05, 4.69) is 15.5 Å². The van der Waals surface area contributed by atoms with Gasteiger partial charge in [0.25, 0.3) is 0 Å². The molecule has 0 fully saturated rings. The van der Waals surface area contributed by atoms with Crippen LogP contribution in [0.5, 0.6) is 11.5 Å². The van der Waals surface area contributed by atoms with Crippen LogP contribution in [0.3, 0.4) is 0 Å². The van der Waals surface area contributed by atoms with E-state index in [1.807, 2.05) is 31.2 Å². The first-order valence-electron chi connectivity index (χ1n) is 7.86. The number of thioether (sulfide) groups is 1. The van der Waals surface area contributed by atoms with Crippen LogP contribution < -0.4 is 9.47 Å². The number of nitrogens with zero attached hydrogens (tertiary/aromatic N) is 4. The molecular weight excluding hydrogens is 352 g/mol. The third kappa shape index (κ3) is 3.70. The van der Waals surface area contributed by atoms with Gasteiger partial charge in [-0.05, 0) is 41.1 Å². The molecule has 2 aromatic carbocycles. The molecule has 0 N–H and O–H groups in total. The number of aromatic nitrogens is 4. The minimum atomic E-state index is -0.0752. The van der Waals surface area contributed by atoms with E-state index in [1.54, 1.807) is 30.0 Å². The van der Waals surface area contributed by atoms with Crippen molar-refractivity contribution in [1.29, 1.82) is 0 Å². The maximum atomic E-state index is 12.6. The number of hydrogen-bond donors (Lipinski definition) is 0. The molecule has 1 heterocycles. The van der Waals surface area contributed by atoms with Crippen LogP contribution in [0.1, 0.15) is 15.9 Å². The number of ether oxygens (including phenoxy) is 2. The van der Waals surface area contributed by atoms with Crippen molar-refractivity contribution < 1.29 is 14.3 Å². The van der Waals surface area contributed by atoms with Gasteiger partial charge < -0.3 is 9.47 Å². The molecule has 0 aliphatic rings. The average Bonchev–Trinajstić information content (AvgIpc) is 3.14. The number of rotatable bonds is 7. The summed E-state index contributed by atoms with van der Waals surface area (Å²) in [6.07, 6.45) is 0. The van der Waals surface area contributed by atoms with Crippen molar-refractivity contribution in [1.82, 2.24) is 20.2 Å². The zero-order chi connectivity index (χ0) is 18.5. The lowest BCUT2D eigenvalue weighted by molar-refractivity contribution is 0.101. The van der Waals surface area contributed by atoms with E-state index in [4.69, 9.17) is 9.47 Å². The fourth-order valence-corrected chi connectivity index (χ4v) is 3.22. The Morgan fingerprint density at radius 2 is 1.96 bits per heavy atom. The highest BCUT2D eigenvalue weighted by Crippen LogP contribution is 2.27. The summed E-state index contributed by atoms with van der Waals surface area (Å²) in [7, 11) is 3.09. The topological polar surface area (TPSA) is 79.1 Å². The van der Waals surface area contributed by atoms with Crippen LogP contribution in [0.25, 0.3) is 5.69 Å². The second-order valence-corrected chi connectivity index (χ2v) is 6.38. The lowest BCUT2D eigenvalue weighted by Crippen LogP contribution is -2.07. The highest BCUT2D eigenvalue weighted by Gasteiger charge is 2.17. The minimum Gasteiger partial charge on any atom is -0.497 e. The van der Waals surface area contributed by atoms with Crippen molar-refractivity contribution in [2.75, 3.05) is 20.0 Å². The molecule has 3 aromatic rings. The molecule has 134 valence electrons. The number of aryl methyl sites for hydroxylation is 1. The maximum absolute atomic E-state index is 12.6. The first-order chi connectivity index (χ1) is 12.6. The summed E-state index contributed by atoms with van der Waals surface area (Å²) in [5.41, 5.74) is 2.43. The third-order valence-corrected chi connectivity index (χ3v) is 4.75. The monoisotopic (exact) mass is 370 g/mol. The van der Waals surface area contributed by atoms with Gasteiger partial charge in [0.15, 0.2) is 5.78 Å². The number of hydrogen-bond acceptors (Lipinski definition) is 7. The lowest BCUT2D eigenvalue weighted by atomic mass is 10.1. The summed E-state index contributed by atoms with van der Waals surface area (Å²) in [5.74, 6) is 1.23. The van der Waals surface area contributed by atoms with Gasteiger partial charge in [-0.2, -0.15) is 4.68 Å². The summed E-state index contributed by atoms with van der Waals surface area (Å²) in [6, 6.07) is 12.9. The Kier molecular flexibility index (Phi) is 5.52. The molecule has 0 radical (unpaired) electrons. The van der Waals surface area contributed by atoms with Crippen molar-refractivity contribution in [2.24, 2.45) is 0 Å². The predicted molar refractivity (Wildman–Crippen MR) is 98.5 cm³/mol. The number of benzene rings is 2. The van der Waals surface area contributed by atoms with Crippen LogP contribution in [0.4, 0.5) is 0 Å². The molecule has 3 rings (SSSR count). The van der Waals surface area contributed by atoms with Crippen molar-refractivity contribution in [2.45, 2.75) is 12.1 Å². The molecule has 1 aromatic heterocycles. The van der Waals surface area contributed by atoms with Crippen molar-refractivity contribution >= 4 is 17.5 Å². The molecule has 0 atom stereocenters. The van der Waals surface area contributed by atoms with E-state index in [0.717, 1.165) is 11.3 Å². The van der Waals surface area contributed by atoms with E-state index in [-0.39, 0.29) is 11.5 Å². The van der Waals surface area contributed by atoms with Crippen LogP contribution in [0, 0.1) is 6.92 Å².